The Hall–Kier alpha value is -0.990. The van der Waals surface area contributed by atoms with Crippen LogP contribution in [0.3, 0.4) is 0 Å². The van der Waals surface area contributed by atoms with Crippen molar-refractivity contribution in [3.8, 4) is 0 Å². The molecule has 0 aromatic rings. The van der Waals surface area contributed by atoms with Crippen molar-refractivity contribution < 1.29 is 14.3 Å². The van der Waals surface area contributed by atoms with E-state index in [0.717, 1.165) is 25.0 Å². The minimum absolute atomic E-state index is 0.605. The Kier molecular flexibility index (Phi) is 4.36. The van der Waals surface area contributed by atoms with Crippen molar-refractivity contribution in [2.24, 2.45) is 0 Å². The Labute approximate surface area is 78.7 Å². The minimum Gasteiger partial charge on any atom is -0.437 e. The van der Waals surface area contributed by atoms with E-state index in [1.807, 2.05) is 6.08 Å². The molecule has 13 heavy (non-hydrogen) atoms. The average Bonchev–Trinajstić information content (AvgIpc) is 2.09. The number of hydrogen-bond donors (Lipinski definition) is 0. The predicted molar refractivity (Wildman–Crippen MR) is 49.3 cm³/mol. The molecular formula is C10H16O3. The van der Waals surface area contributed by atoms with E-state index in [2.05, 4.69) is 4.74 Å². The lowest BCUT2D eigenvalue weighted by molar-refractivity contribution is 0.0939. The van der Waals surface area contributed by atoms with Gasteiger partial charge in [0.05, 0.1) is 7.11 Å². The van der Waals surface area contributed by atoms with Crippen molar-refractivity contribution in [3.63, 3.8) is 0 Å². The summed E-state index contributed by atoms with van der Waals surface area (Å²) in [5, 5.41) is 0. The highest BCUT2D eigenvalue weighted by atomic mass is 16.7. The Bertz CT molecular complexity index is 196. The van der Waals surface area contributed by atoms with E-state index in [4.69, 9.17) is 4.74 Å². The Morgan fingerprint density at radius 3 is 2.85 bits per heavy atom. The van der Waals surface area contributed by atoms with Crippen LogP contribution in [0.15, 0.2) is 11.8 Å². The van der Waals surface area contributed by atoms with Gasteiger partial charge in [-0.1, -0.05) is 12.8 Å². The second-order valence-corrected chi connectivity index (χ2v) is 3.18. The lowest BCUT2D eigenvalue weighted by Crippen LogP contribution is -2.05. The van der Waals surface area contributed by atoms with Crippen LogP contribution in [0.2, 0.25) is 0 Å². The highest BCUT2D eigenvalue weighted by Gasteiger charge is 2.07. The second kappa shape index (κ2) is 5.62. The number of allylic oxidation sites excluding steroid dienone is 2. The molecule has 0 aromatic heterocycles. The molecule has 0 fully saturated rings. The van der Waals surface area contributed by atoms with Crippen molar-refractivity contribution in [3.05, 3.63) is 11.8 Å². The van der Waals surface area contributed by atoms with Gasteiger partial charge in [0.2, 0.25) is 0 Å². The van der Waals surface area contributed by atoms with E-state index in [1.165, 1.54) is 26.4 Å². The van der Waals surface area contributed by atoms with Crippen LogP contribution in [0.5, 0.6) is 0 Å². The first-order chi connectivity index (χ1) is 6.33. The third kappa shape index (κ3) is 3.97. The van der Waals surface area contributed by atoms with E-state index in [-0.39, 0.29) is 0 Å². The fourth-order valence-corrected chi connectivity index (χ4v) is 1.40. The van der Waals surface area contributed by atoms with E-state index in [0.29, 0.717) is 0 Å². The summed E-state index contributed by atoms with van der Waals surface area (Å²) < 4.78 is 9.40. The molecule has 0 atom stereocenters. The number of ether oxygens (including phenoxy) is 2. The summed E-state index contributed by atoms with van der Waals surface area (Å²) >= 11 is 0. The molecule has 0 amide bonds. The van der Waals surface area contributed by atoms with Crippen molar-refractivity contribution >= 4 is 6.16 Å². The fourth-order valence-electron chi connectivity index (χ4n) is 1.40. The van der Waals surface area contributed by atoms with Gasteiger partial charge >= 0.3 is 6.16 Å². The second-order valence-electron chi connectivity index (χ2n) is 3.18. The Balaban J connectivity index is 2.40. The molecule has 0 radical (unpaired) electrons. The summed E-state index contributed by atoms with van der Waals surface area (Å²) in [6.07, 6.45) is 8.05. The molecule has 0 bridgehead atoms. The molecule has 0 saturated carbocycles. The van der Waals surface area contributed by atoms with Crippen molar-refractivity contribution in [1.82, 2.24) is 0 Å². The summed E-state index contributed by atoms with van der Waals surface area (Å²) in [4.78, 5) is 10.8. The molecular weight excluding hydrogens is 168 g/mol. The first kappa shape index (κ1) is 10.1. The van der Waals surface area contributed by atoms with Gasteiger partial charge in [-0.15, -0.1) is 0 Å². The minimum atomic E-state index is -0.605. The summed E-state index contributed by atoms with van der Waals surface area (Å²) in [5.41, 5.74) is 0. The van der Waals surface area contributed by atoms with Crippen LogP contribution in [-0.2, 0) is 9.47 Å². The highest BCUT2D eigenvalue weighted by Crippen LogP contribution is 2.17. The number of methoxy groups -OCH3 is 1. The number of hydrogen-bond acceptors (Lipinski definition) is 3. The molecule has 0 unspecified atom stereocenters. The third-order valence-electron chi connectivity index (χ3n) is 2.13. The van der Waals surface area contributed by atoms with Crippen molar-refractivity contribution in [2.45, 2.75) is 38.5 Å². The fraction of sp³-hybridized carbons (Fsp3) is 0.700. The van der Waals surface area contributed by atoms with Gasteiger partial charge in [0, 0.05) is 6.42 Å². The van der Waals surface area contributed by atoms with Gasteiger partial charge in [0.1, 0.15) is 5.76 Å². The molecule has 1 aliphatic rings. The van der Waals surface area contributed by atoms with Gasteiger partial charge in [-0.25, -0.2) is 4.79 Å². The maximum atomic E-state index is 10.8. The van der Waals surface area contributed by atoms with E-state index < -0.39 is 6.16 Å². The molecule has 0 saturated heterocycles. The predicted octanol–water partition coefficient (Wildman–Crippen LogP) is 3.01. The normalized spacial score (nSPS) is 18.1. The molecule has 74 valence electrons. The summed E-state index contributed by atoms with van der Waals surface area (Å²) in [7, 11) is 1.33. The SMILES string of the molecule is COC(=O)OC1=CCCCCCC1. The van der Waals surface area contributed by atoms with E-state index >= 15 is 0 Å². The van der Waals surface area contributed by atoms with Gasteiger partial charge in [-0.05, 0) is 25.3 Å². The zero-order valence-electron chi connectivity index (χ0n) is 8.04. The van der Waals surface area contributed by atoms with E-state index in [9.17, 15) is 4.79 Å². The maximum Gasteiger partial charge on any atom is 0.513 e. The van der Waals surface area contributed by atoms with Gasteiger partial charge < -0.3 is 9.47 Å². The first-order valence-electron chi connectivity index (χ1n) is 4.78. The molecule has 0 N–H and O–H groups in total. The van der Waals surface area contributed by atoms with Crippen LogP contribution in [0, 0.1) is 0 Å². The molecule has 1 rings (SSSR count). The van der Waals surface area contributed by atoms with Gasteiger partial charge in [0.25, 0.3) is 0 Å². The van der Waals surface area contributed by atoms with Crippen LogP contribution >= 0.6 is 0 Å². The van der Waals surface area contributed by atoms with Gasteiger partial charge in [-0.3, -0.25) is 0 Å². The molecule has 0 spiro atoms. The van der Waals surface area contributed by atoms with Crippen LogP contribution in [-0.4, -0.2) is 13.3 Å². The quantitative estimate of drug-likeness (QED) is 0.587. The Morgan fingerprint density at radius 2 is 2.08 bits per heavy atom. The van der Waals surface area contributed by atoms with Gasteiger partial charge in [-0.2, -0.15) is 0 Å². The average molecular weight is 184 g/mol. The van der Waals surface area contributed by atoms with Crippen LogP contribution in [0.1, 0.15) is 38.5 Å². The molecule has 1 aliphatic carbocycles. The summed E-state index contributed by atoms with van der Waals surface area (Å²) in [6.45, 7) is 0. The molecule has 0 heterocycles. The number of carbonyl (C=O) groups excluding carboxylic acids is 1. The highest BCUT2D eigenvalue weighted by molar-refractivity contribution is 5.61. The molecule has 0 aliphatic heterocycles. The smallest absolute Gasteiger partial charge is 0.437 e. The zero-order valence-corrected chi connectivity index (χ0v) is 8.04. The Morgan fingerprint density at radius 1 is 1.31 bits per heavy atom. The summed E-state index contributed by atoms with van der Waals surface area (Å²) in [6, 6.07) is 0. The van der Waals surface area contributed by atoms with Crippen LogP contribution in [0.25, 0.3) is 0 Å². The monoisotopic (exact) mass is 184 g/mol. The molecule has 3 nitrogen and oxygen atoms in total. The van der Waals surface area contributed by atoms with Crippen molar-refractivity contribution in [1.29, 1.82) is 0 Å². The van der Waals surface area contributed by atoms with Gasteiger partial charge in [0.15, 0.2) is 0 Å². The zero-order chi connectivity index (χ0) is 9.52. The molecule has 0 aromatic carbocycles. The first-order valence-corrected chi connectivity index (χ1v) is 4.78. The lowest BCUT2D eigenvalue weighted by Gasteiger charge is -2.10. The summed E-state index contributed by atoms with van der Waals surface area (Å²) in [5.74, 6) is 0.770. The standard InChI is InChI=1S/C10H16O3/c1-12-10(11)13-9-7-5-3-2-4-6-8-9/h7H,2-6,8H2,1H3. The topological polar surface area (TPSA) is 35.5 Å². The van der Waals surface area contributed by atoms with Crippen LogP contribution in [0.4, 0.5) is 4.79 Å². The maximum absolute atomic E-state index is 10.8. The number of carbonyl (C=O) groups is 1. The number of rotatable bonds is 1. The largest absolute Gasteiger partial charge is 0.513 e. The lowest BCUT2D eigenvalue weighted by atomic mass is 10.1. The third-order valence-corrected chi connectivity index (χ3v) is 2.13. The van der Waals surface area contributed by atoms with Crippen LogP contribution < -0.4 is 0 Å². The van der Waals surface area contributed by atoms with E-state index in [1.54, 1.807) is 0 Å². The molecule has 3 heteroatoms. The van der Waals surface area contributed by atoms with Crippen molar-refractivity contribution in [2.75, 3.05) is 7.11 Å².